The third kappa shape index (κ3) is 3.50. The zero-order valence-corrected chi connectivity index (χ0v) is 15.0. The maximum Gasteiger partial charge on any atom is 0.248 e. The van der Waals surface area contributed by atoms with Crippen LogP contribution in [0.2, 0.25) is 5.02 Å². The minimum absolute atomic E-state index is 0.400. The highest BCUT2D eigenvalue weighted by atomic mass is 35.5. The van der Waals surface area contributed by atoms with Gasteiger partial charge < -0.3 is 5.73 Å². The fraction of sp³-hybridized carbons (Fsp3) is 0.158. The third-order valence-corrected chi connectivity index (χ3v) is 5.32. The maximum atomic E-state index is 11.4. The number of hydrogen-bond donors (Lipinski definition) is 1. The van der Waals surface area contributed by atoms with Crippen molar-refractivity contribution in [2.45, 2.75) is 20.3 Å². The van der Waals surface area contributed by atoms with Crippen molar-refractivity contribution in [3.05, 3.63) is 74.9 Å². The van der Waals surface area contributed by atoms with Crippen LogP contribution in [0.1, 0.15) is 32.2 Å². The second kappa shape index (κ2) is 6.75. The van der Waals surface area contributed by atoms with Gasteiger partial charge in [-0.15, -0.1) is 11.3 Å². The molecule has 0 saturated heterocycles. The number of primary amides is 1. The Hall–Kier alpha value is -2.17. The lowest BCUT2D eigenvalue weighted by Crippen LogP contribution is -2.12. The lowest BCUT2D eigenvalue weighted by molar-refractivity contribution is 0.1000. The average molecular weight is 357 g/mol. The highest BCUT2D eigenvalue weighted by Gasteiger charge is 2.13. The first-order chi connectivity index (χ1) is 11.4. The van der Waals surface area contributed by atoms with E-state index in [1.165, 1.54) is 5.56 Å². The minimum atomic E-state index is -0.400. The Morgan fingerprint density at radius 3 is 2.50 bits per heavy atom. The van der Waals surface area contributed by atoms with Crippen LogP contribution >= 0.6 is 22.9 Å². The topological polar surface area (TPSA) is 56.0 Å². The Kier molecular flexibility index (Phi) is 4.69. The van der Waals surface area contributed by atoms with Crippen LogP contribution in [0.4, 0.5) is 0 Å². The summed E-state index contributed by atoms with van der Waals surface area (Å²) in [6.07, 6.45) is 0.779. The smallest absolute Gasteiger partial charge is 0.248 e. The van der Waals surface area contributed by atoms with Gasteiger partial charge in [-0.2, -0.15) is 0 Å². The minimum Gasteiger partial charge on any atom is -0.366 e. The number of thiazole rings is 1. The number of benzene rings is 2. The molecule has 3 rings (SSSR count). The van der Waals surface area contributed by atoms with Crippen molar-refractivity contribution in [1.82, 2.24) is 4.98 Å². The van der Waals surface area contributed by atoms with Gasteiger partial charge in [-0.05, 0) is 54.8 Å². The molecule has 24 heavy (non-hydrogen) atoms. The number of aryl methyl sites for hydroxylation is 2. The van der Waals surface area contributed by atoms with Crippen LogP contribution in [0.15, 0.2) is 42.5 Å². The van der Waals surface area contributed by atoms with Gasteiger partial charge in [0, 0.05) is 17.0 Å². The summed E-state index contributed by atoms with van der Waals surface area (Å²) < 4.78 is 0. The van der Waals surface area contributed by atoms with Crippen molar-refractivity contribution >= 4 is 28.8 Å². The van der Waals surface area contributed by atoms with E-state index in [1.54, 1.807) is 17.4 Å². The molecule has 3 nitrogen and oxygen atoms in total. The first-order valence-electron chi connectivity index (χ1n) is 7.55. The van der Waals surface area contributed by atoms with Gasteiger partial charge in [0.2, 0.25) is 5.91 Å². The summed E-state index contributed by atoms with van der Waals surface area (Å²) >= 11 is 7.60. The summed E-state index contributed by atoms with van der Waals surface area (Å²) in [4.78, 5) is 17.2. The van der Waals surface area contributed by atoms with E-state index in [1.807, 2.05) is 50.2 Å². The summed E-state index contributed by atoms with van der Waals surface area (Å²) in [5.41, 5.74) is 10.1. The monoisotopic (exact) mass is 356 g/mol. The van der Waals surface area contributed by atoms with E-state index in [9.17, 15) is 4.79 Å². The van der Waals surface area contributed by atoms with Gasteiger partial charge in [0.05, 0.1) is 15.6 Å². The predicted molar refractivity (Wildman–Crippen MR) is 99.8 cm³/mol. The molecule has 1 heterocycles. The molecule has 0 radical (unpaired) electrons. The Balaban J connectivity index is 1.90. The molecule has 0 spiro atoms. The van der Waals surface area contributed by atoms with Gasteiger partial charge in [0.15, 0.2) is 0 Å². The van der Waals surface area contributed by atoms with Crippen molar-refractivity contribution in [3.63, 3.8) is 0 Å². The van der Waals surface area contributed by atoms with Crippen molar-refractivity contribution in [2.24, 2.45) is 5.73 Å². The Morgan fingerprint density at radius 2 is 1.88 bits per heavy atom. The molecule has 1 amide bonds. The number of amides is 1. The summed E-state index contributed by atoms with van der Waals surface area (Å²) in [7, 11) is 0. The number of hydrogen-bond acceptors (Lipinski definition) is 3. The zero-order valence-electron chi connectivity index (χ0n) is 13.5. The SMILES string of the molecule is Cc1cc(-c2sc(Cc3ccc(Cl)cc3)nc2C)ccc1C(N)=O. The van der Waals surface area contributed by atoms with Crippen LogP contribution in [0.3, 0.4) is 0 Å². The van der Waals surface area contributed by atoms with Crippen molar-refractivity contribution in [3.8, 4) is 10.4 Å². The Bertz CT molecular complexity index is 900. The molecule has 0 aliphatic carbocycles. The lowest BCUT2D eigenvalue weighted by atomic mass is 10.0. The quantitative estimate of drug-likeness (QED) is 0.732. The molecule has 2 aromatic carbocycles. The summed E-state index contributed by atoms with van der Waals surface area (Å²) in [5, 5.41) is 1.79. The average Bonchev–Trinajstić information content (AvgIpc) is 2.89. The molecule has 0 fully saturated rings. The normalized spacial score (nSPS) is 10.8. The molecule has 3 aromatic rings. The molecule has 0 unspecified atom stereocenters. The van der Waals surface area contributed by atoms with Gasteiger partial charge in [-0.3, -0.25) is 4.79 Å². The van der Waals surface area contributed by atoms with E-state index in [0.29, 0.717) is 5.56 Å². The number of aromatic nitrogens is 1. The second-order valence-electron chi connectivity index (χ2n) is 5.72. The van der Waals surface area contributed by atoms with Crippen LogP contribution in [0.5, 0.6) is 0 Å². The standard InChI is InChI=1S/C19H17ClN2OS/c1-11-9-14(5-8-16(11)19(21)23)18-12(2)22-17(24-18)10-13-3-6-15(20)7-4-13/h3-9H,10H2,1-2H3,(H2,21,23). The summed E-state index contributed by atoms with van der Waals surface area (Å²) in [6.45, 7) is 3.91. The summed E-state index contributed by atoms with van der Waals surface area (Å²) in [5.74, 6) is -0.400. The Morgan fingerprint density at radius 1 is 1.17 bits per heavy atom. The predicted octanol–water partition coefficient (Wildman–Crippen LogP) is 4.77. The molecule has 0 atom stereocenters. The second-order valence-corrected chi connectivity index (χ2v) is 7.24. The van der Waals surface area contributed by atoms with E-state index < -0.39 is 5.91 Å². The number of rotatable bonds is 4. The van der Waals surface area contributed by atoms with E-state index in [2.05, 4.69) is 4.98 Å². The lowest BCUT2D eigenvalue weighted by Gasteiger charge is -2.05. The fourth-order valence-electron chi connectivity index (χ4n) is 2.65. The van der Waals surface area contributed by atoms with E-state index in [4.69, 9.17) is 17.3 Å². The zero-order chi connectivity index (χ0) is 17.3. The molecule has 0 aliphatic heterocycles. The van der Waals surface area contributed by atoms with Crippen molar-refractivity contribution in [1.29, 1.82) is 0 Å². The molecule has 0 saturated carbocycles. The molecule has 0 bridgehead atoms. The van der Waals surface area contributed by atoms with Gasteiger partial charge in [-0.25, -0.2) is 4.98 Å². The highest BCUT2D eigenvalue weighted by Crippen LogP contribution is 2.32. The molecule has 2 N–H and O–H groups in total. The van der Waals surface area contributed by atoms with E-state index in [-0.39, 0.29) is 0 Å². The largest absolute Gasteiger partial charge is 0.366 e. The van der Waals surface area contributed by atoms with Crippen molar-refractivity contribution in [2.75, 3.05) is 0 Å². The first-order valence-corrected chi connectivity index (χ1v) is 8.75. The van der Waals surface area contributed by atoms with Crippen LogP contribution in [-0.2, 0) is 6.42 Å². The Labute approximate surface area is 150 Å². The van der Waals surface area contributed by atoms with Gasteiger partial charge in [0.1, 0.15) is 0 Å². The number of halogens is 1. The third-order valence-electron chi connectivity index (χ3n) is 3.86. The van der Waals surface area contributed by atoms with E-state index in [0.717, 1.165) is 38.1 Å². The molecular weight excluding hydrogens is 340 g/mol. The van der Waals surface area contributed by atoms with Crippen LogP contribution in [0, 0.1) is 13.8 Å². The maximum absolute atomic E-state index is 11.4. The van der Waals surface area contributed by atoms with Crippen LogP contribution in [-0.4, -0.2) is 10.9 Å². The molecule has 1 aromatic heterocycles. The number of nitrogens with two attached hydrogens (primary N) is 1. The van der Waals surface area contributed by atoms with Gasteiger partial charge >= 0.3 is 0 Å². The number of carbonyl (C=O) groups is 1. The number of nitrogens with zero attached hydrogens (tertiary/aromatic N) is 1. The van der Waals surface area contributed by atoms with Gasteiger partial charge in [-0.1, -0.05) is 29.8 Å². The van der Waals surface area contributed by atoms with Crippen LogP contribution in [0.25, 0.3) is 10.4 Å². The molecular formula is C19H17ClN2OS. The van der Waals surface area contributed by atoms with Crippen molar-refractivity contribution < 1.29 is 4.79 Å². The van der Waals surface area contributed by atoms with E-state index >= 15 is 0 Å². The summed E-state index contributed by atoms with van der Waals surface area (Å²) in [6, 6.07) is 13.5. The molecule has 0 aliphatic rings. The molecule has 122 valence electrons. The fourth-order valence-corrected chi connectivity index (χ4v) is 3.88. The number of carbonyl (C=O) groups excluding carboxylic acids is 1. The molecule has 5 heteroatoms. The van der Waals surface area contributed by atoms with Crippen LogP contribution < -0.4 is 5.73 Å². The van der Waals surface area contributed by atoms with Gasteiger partial charge in [0.25, 0.3) is 0 Å². The highest BCUT2D eigenvalue weighted by molar-refractivity contribution is 7.15. The first kappa shape index (κ1) is 16.7.